The van der Waals surface area contributed by atoms with Gasteiger partial charge in [0.05, 0.1) is 12.7 Å². The minimum Gasteiger partial charge on any atom is -0.393 e. The normalized spacial score (nSPS) is 50.5. The zero-order valence-corrected chi connectivity index (χ0v) is 16.4. The summed E-state index contributed by atoms with van der Waals surface area (Å²) in [7, 11) is 0. The Morgan fingerprint density at radius 1 is 1.31 bits per heavy atom. The van der Waals surface area contributed by atoms with Gasteiger partial charge in [-0.25, -0.2) is 0 Å². The van der Waals surface area contributed by atoms with Crippen molar-refractivity contribution in [3.63, 3.8) is 0 Å². The molecule has 0 aromatic carbocycles. The van der Waals surface area contributed by atoms with Gasteiger partial charge in [0.25, 0.3) is 0 Å². The molecule has 0 aromatic rings. The maximum absolute atomic E-state index is 11.3. The van der Waals surface area contributed by atoms with Gasteiger partial charge >= 0.3 is 0 Å². The van der Waals surface area contributed by atoms with E-state index in [-0.39, 0.29) is 35.4 Å². The molecule has 3 saturated carbocycles. The largest absolute Gasteiger partial charge is 0.393 e. The van der Waals surface area contributed by atoms with Gasteiger partial charge in [0.15, 0.2) is 0 Å². The van der Waals surface area contributed by atoms with Crippen molar-refractivity contribution < 1.29 is 10.2 Å². The molecule has 4 aliphatic rings. The van der Waals surface area contributed by atoms with E-state index in [1.165, 1.54) is 5.57 Å². The van der Waals surface area contributed by atoms with Crippen LogP contribution in [0, 0.1) is 51.2 Å². The molecule has 0 radical (unpaired) electrons. The summed E-state index contributed by atoms with van der Waals surface area (Å²) in [5, 5.41) is 37.3. The molecule has 4 N–H and O–H groups in total. The van der Waals surface area contributed by atoms with Gasteiger partial charge in [-0.1, -0.05) is 26.3 Å². The fraction of sp³-hybridized carbons (Fsp3) is 0.818. The van der Waals surface area contributed by atoms with Crippen molar-refractivity contribution in [1.29, 1.82) is 10.8 Å². The first-order valence-electron chi connectivity index (χ1n) is 10.4. The highest BCUT2D eigenvalue weighted by Crippen LogP contribution is 2.67. The Balaban J connectivity index is 1.74. The lowest BCUT2D eigenvalue weighted by molar-refractivity contribution is -0.128. The summed E-state index contributed by atoms with van der Waals surface area (Å²) in [5.41, 5.74) is 2.56. The van der Waals surface area contributed by atoms with Gasteiger partial charge in [0.1, 0.15) is 0 Å². The van der Waals surface area contributed by atoms with E-state index in [1.54, 1.807) is 0 Å². The van der Waals surface area contributed by atoms with Crippen molar-refractivity contribution in [3.05, 3.63) is 11.6 Å². The maximum atomic E-state index is 11.3. The smallest absolute Gasteiger partial charge is 0.0809 e. The third kappa shape index (κ3) is 2.34. The number of aliphatic hydroxyl groups is 2. The number of allylic oxidation sites excluding steroid dienone is 2. The number of rotatable bonds is 2. The molecule has 0 spiro atoms. The molecule has 4 rings (SSSR count). The molecule has 26 heavy (non-hydrogen) atoms. The van der Waals surface area contributed by atoms with Crippen LogP contribution >= 0.6 is 0 Å². The van der Waals surface area contributed by atoms with Crippen LogP contribution in [0.5, 0.6) is 0 Å². The second kappa shape index (κ2) is 6.00. The van der Waals surface area contributed by atoms with Gasteiger partial charge < -0.3 is 21.0 Å². The molecule has 0 bridgehead atoms. The molecule has 0 heterocycles. The van der Waals surface area contributed by atoms with E-state index in [9.17, 15) is 10.2 Å². The van der Waals surface area contributed by atoms with Crippen molar-refractivity contribution in [1.82, 2.24) is 0 Å². The van der Waals surface area contributed by atoms with E-state index in [0.29, 0.717) is 23.5 Å². The van der Waals surface area contributed by atoms with Crippen LogP contribution in [0.1, 0.15) is 59.3 Å². The van der Waals surface area contributed by atoms with Gasteiger partial charge in [0.2, 0.25) is 0 Å². The van der Waals surface area contributed by atoms with E-state index in [2.05, 4.69) is 26.8 Å². The molecule has 0 amide bonds. The zero-order chi connectivity index (χ0) is 18.9. The summed E-state index contributed by atoms with van der Waals surface area (Å²) >= 11 is 0. The summed E-state index contributed by atoms with van der Waals surface area (Å²) in [4.78, 5) is 0. The van der Waals surface area contributed by atoms with Crippen LogP contribution < -0.4 is 0 Å². The number of fused-ring (bicyclic) bond motifs is 5. The monoisotopic (exact) mass is 358 g/mol. The number of hydrogen-bond acceptors (Lipinski definition) is 4. The number of hydrogen-bond donors (Lipinski definition) is 4. The number of nitrogens with one attached hydrogen (secondary N) is 2. The fourth-order valence-corrected chi connectivity index (χ4v) is 7.83. The van der Waals surface area contributed by atoms with Gasteiger partial charge in [0, 0.05) is 17.3 Å². The molecule has 1 unspecified atom stereocenters. The van der Waals surface area contributed by atoms with Crippen molar-refractivity contribution in [2.24, 2.45) is 40.4 Å². The second-order valence-electron chi connectivity index (χ2n) is 10.1. The Morgan fingerprint density at radius 3 is 2.73 bits per heavy atom. The molecule has 8 atom stereocenters. The first kappa shape index (κ1) is 18.4. The number of aliphatic hydroxyl groups excluding tert-OH is 2. The molecular formula is C22H34N2O2. The average molecular weight is 359 g/mol. The van der Waals surface area contributed by atoms with Crippen LogP contribution in [-0.4, -0.2) is 34.3 Å². The molecule has 0 aliphatic heterocycles. The Kier molecular flexibility index (Phi) is 4.24. The highest BCUT2D eigenvalue weighted by molar-refractivity contribution is 5.94. The van der Waals surface area contributed by atoms with Crippen molar-refractivity contribution in [2.75, 3.05) is 6.61 Å². The summed E-state index contributed by atoms with van der Waals surface area (Å²) in [6, 6.07) is 0. The van der Waals surface area contributed by atoms with E-state index in [0.717, 1.165) is 44.2 Å². The lowest BCUT2D eigenvalue weighted by Crippen LogP contribution is -2.58. The Morgan fingerprint density at radius 2 is 2.04 bits per heavy atom. The lowest BCUT2D eigenvalue weighted by Gasteiger charge is -2.61. The van der Waals surface area contributed by atoms with Crippen molar-refractivity contribution in [2.45, 2.75) is 65.4 Å². The fourth-order valence-electron chi connectivity index (χ4n) is 7.83. The maximum Gasteiger partial charge on any atom is 0.0809 e. The average Bonchev–Trinajstić information content (AvgIpc) is 2.92. The van der Waals surface area contributed by atoms with Gasteiger partial charge in [-0.15, -0.1) is 0 Å². The third-order valence-electron chi connectivity index (χ3n) is 8.84. The molecule has 4 heteroatoms. The predicted molar refractivity (Wildman–Crippen MR) is 104 cm³/mol. The van der Waals surface area contributed by atoms with E-state index in [4.69, 9.17) is 10.8 Å². The molecule has 4 nitrogen and oxygen atoms in total. The molecule has 3 fully saturated rings. The molecule has 4 aliphatic carbocycles. The first-order chi connectivity index (χ1) is 12.2. The predicted octanol–water partition coefficient (Wildman–Crippen LogP) is 3.81. The van der Waals surface area contributed by atoms with Gasteiger partial charge in [-0.05, 0) is 79.1 Å². The van der Waals surface area contributed by atoms with Crippen molar-refractivity contribution >= 4 is 11.4 Å². The van der Waals surface area contributed by atoms with Crippen molar-refractivity contribution in [3.8, 4) is 0 Å². The van der Waals surface area contributed by atoms with Crippen LogP contribution in [0.15, 0.2) is 11.6 Å². The van der Waals surface area contributed by atoms with Crippen LogP contribution in [0.3, 0.4) is 0 Å². The van der Waals surface area contributed by atoms with Gasteiger partial charge in [-0.2, -0.15) is 0 Å². The first-order valence-corrected chi connectivity index (χ1v) is 10.4. The standard InChI is InChI=1S/C22H34N2O2/c1-12-8-14-15-4-5-16(18(24)11-25)22(15,3)10-19(26)20(14)21(2)7-6-13(23)9-17(12)21/h9,12,14-16,19-20,23-26H,4-8,10-11H2,1-3H3/t12-,14-,15?,16+,19-,20+,21-,22-/m0/s1. The minimum atomic E-state index is -0.346. The van der Waals surface area contributed by atoms with E-state index < -0.39 is 0 Å². The van der Waals surface area contributed by atoms with Crippen LogP contribution in [0.4, 0.5) is 0 Å². The molecule has 0 saturated heterocycles. The Labute approximate surface area is 157 Å². The molecule has 0 aromatic heterocycles. The van der Waals surface area contributed by atoms with E-state index in [1.807, 2.05) is 0 Å². The SMILES string of the molecule is C[C@H]1C[C@H]2C3CC[C@H](C(=N)CO)[C@@]3(C)C[C@H](O)[C@@H]2[C@@]2(C)CCC(=N)C=C12. The van der Waals surface area contributed by atoms with Crippen LogP contribution in [0.2, 0.25) is 0 Å². The van der Waals surface area contributed by atoms with Crippen LogP contribution in [0.25, 0.3) is 0 Å². The second-order valence-corrected chi connectivity index (χ2v) is 10.1. The summed E-state index contributed by atoms with van der Waals surface area (Å²) < 4.78 is 0. The van der Waals surface area contributed by atoms with Gasteiger partial charge in [-0.3, -0.25) is 0 Å². The Bertz CT molecular complexity index is 671. The summed E-state index contributed by atoms with van der Waals surface area (Å²) in [6.45, 7) is 6.76. The zero-order valence-electron chi connectivity index (χ0n) is 16.4. The highest BCUT2D eigenvalue weighted by Gasteiger charge is 2.63. The topological polar surface area (TPSA) is 88.2 Å². The summed E-state index contributed by atoms with van der Waals surface area (Å²) in [6.07, 6.45) is 7.52. The quantitative estimate of drug-likeness (QED) is 0.566. The Hall–Kier alpha value is -1.00. The molecular weight excluding hydrogens is 324 g/mol. The minimum absolute atomic E-state index is 0.0101. The van der Waals surface area contributed by atoms with E-state index >= 15 is 0 Å². The summed E-state index contributed by atoms with van der Waals surface area (Å²) in [5.74, 6) is 1.89. The lowest BCUT2D eigenvalue weighted by atomic mass is 9.44. The highest BCUT2D eigenvalue weighted by atomic mass is 16.3. The third-order valence-corrected chi connectivity index (χ3v) is 8.84. The van der Waals surface area contributed by atoms with Crippen LogP contribution in [-0.2, 0) is 0 Å². The molecule has 144 valence electrons.